The molecule has 0 aliphatic rings. The molecule has 0 fully saturated rings. The molecule has 0 aliphatic heterocycles. The van der Waals surface area contributed by atoms with Gasteiger partial charge in [0.05, 0.1) is 14.2 Å². The third-order valence-electron chi connectivity index (χ3n) is 3.16. The van der Waals surface area contributed by atoms with Gasteiger partial charge in [-0.25, -0.2) is 0 Å². The van der Waals surface area contributed by atoms with Gasteiger partial charge in [-0.3, -0.25) is 0 Å². The van der Waals surface area contributed by atoms with E-state index in [1.165, 1.54) is 0 Å². The number of hydrogen-bond acceptors (Lipinski definition) is 2. The normalized spacial score (nSPS) is 12.0. The highest BCUT2D eigenvalue weighted by molar-refractivity contribution is 9.09. The number of methoxy groups -OCH3 is 2. The number of rotatable bonds is 5. The first-order chi connectivity index (χ1) is 10.0. The Hall–Kier alpha value is -0.900. The van der Waals surface area contributed by atoms with E-state index in [1.54, 1.807) is 20.3 Å². The summed E-state index contributed by atoms with van der Waals surface area (Å²) in [6.45, 7) is 0. The Kier molecular flexibility index (Phi) is 5.80. The first kappa shape index (κ1) is 16.5. The third-order valence-corrected chi connectivity index (χ3v) is 4.55. The lowest BCUT2D eigenvalue weighted by atomic mass is 10.0. The molecule has 0 amide bonds. The fraction of sp³-hybridized carbons (Fsp3) is 0.250. The van der Waals surface area contributed by atoms with Crippen LogP contribution in [-0.2, 0) is 6.42 Å². The Bertz CT molecular complexity index is 632. The molecule has 2 nitrogen and oxygen atoms in total. The van der Waals surface area contributed by atoms with Crippen LogP contribution in [0.2, 0.25) is 10.0 Å². The lowest BCUT2D eigenvalue weighted by Gasteiger charge is -2.14. The molecule has 2 rings (SSSR count). The average Bonchev–Trinajstić information content (AvgIpc) is 2.49. The van der Waals surface area contributed by atoms with E-state index >= 15 is 0 Å². The number of benzene rings is 2. The van der Waals surface area contributed by atoms with Crippen molar-refractivity contribution in [2.45, 2.75) is 11.2 Å². The summed E-state index contributed by atoms with van der Waals surface area (Å²) >= 11 is 15.9. The van der Waals surface area contributed by atoms with E-state index in [1.807, 2.05) is 30.3 Å². The highest BCUT2D eigenvalue weighted by Gasteiger charge is 2.14. The van der Waals surface area contributed by atoms with Crippen molar-refractivity contribution < 1.29 is 9.47 Å². The van der Waals surface area contributed by atoms with Gasteiger partial charge < -0.3 is 9.47 Å². The van der Waals surface area contributed by atoms with Crippen LogP contribution >= 0.6 is 39.1 Å². The summed E-state index contributed by atoms with van der Waals surface area (Å²) in [5.74, 6) is 1.43. The monoisotopic (exact) mass is 388 g/mol. The predicted octanol–water partition coefficient (Wildman–Crippen LogP) is 5.69. The van der Waals surface area contributed by atoms with Gasteiger partial charge in [0, 0.05) is 14.9 Å². The third kappa shape index (κ3) is 4.06. The van der Waals surface area contributed by atoms with Crippen LogP contribution in [0.25, 0.3) is 0 Å². The molecule has 0 aliphatic carbocycles. The van der Waals surface area contributed by atoms with E-state index in [9.17, 15) is 0 Å². The Morgan fingerprint density at radius 2 is 1.71 bits per heavy atom. The molecule has 0 radical (unpaired) electrons. The maximum Gasteiger partial charge on any atom is 0.160 e. The van der Waals surface area contributed by atoms with Crippen molar-refractivity contribution in [3.63, 3.8) is 0 Å². The molecule has 0 bridgehead atoms. The summed E-state index contributed by atoms with van der Waals surface area (Å²) in [5.41, 5.74) is 2.09. The molecule has 0 N–H and O–H groups in total. The Labute approximate surface area is 143 Å². The second-order valence-electron chi connectivity index (χ2n) is 4.53. The summed E-state index contributed by atoms with van der Waals surface area (Å²) < 4.78 is 10.6. The van der Waals surface area contributed by atoms with Gasteiger partial charge in [0.15, 0.2) is 11.5 Å². The molecule has 1 unspecified atom stereocenters. The van der Waals surface area contributed by atoms with Gasteiger partial charge in [-0.05, 0) is 47.9 Å². The SMILES string of the molecule is COc1ccc(CC(Br)c2cc(Cl)ccc2Cl)cc1OC. The fourth-order valence-corrected chi connectivity index (χ4v) is 3.39. The number of hydrogen-bond donors (Lipinski definition) is 0. The molecule has 0 saturated heterocycles. The molecule has 1 atom stereocenters. The summed E-state index contributed by atoms with van der Waals surface area (Å²) in [7, 11) is 3.25. The number of alkyl halides is 1. The van der Waals surface area contributed by atoms with Crippen LogP contribution in [0, 0.1) is 0 Å². The van der Waals surface area contributed by atoms with Crippen molar-refractivity contribution in [3.05, 3.63) is 57.6 Å². The second kappa shape index (κ2) is 7.39. The Morgan fingerprint density at radius 1 is 1.00 bits per heavy atom. The quantitative estimate of drug-likeness (QED) is 0.611. The smallest absolute Gasteiger partial charge is 0.160 e. The Balaban J connectivity index is 2.23. The number of ether oxygens (including phenoxy) is 2. The minimum absolute atomic E-state index is 0.0711. The van der Waals surface area contributed by atoms with Gasteiger partial charge in [0.1, 0.15) is 0 Å². The highest BCUT2D eigenvalue weighted by atomic mass is 79.9. The van der Waals surface area contributed by atoms with Crippen LogP contribution in [0.3, 0.4) is 0 Å². The standard InChI is InChI=1S/C16H15BrCl2O2/c1-20-15-6-3-10(8-16(15)21-2)7-13(17)12-9-11(18)4-5-14(12)19/h3-6,8-9,13H,7H2,1-2H3. The molecular formula is C16H15BrCl2O2. The molecule has 112 valence electrons. The van der Waals surface area contributed by atoms with Crippen LogP contribution in [0.15, 0.2) is 36.4 Å². The maximum atomic E-state index is 6.23. The van der Waals surface area contributed by atoms with Crippen LogP contribution in [-0.4, -0.2) is 14.2 Å². The molecular weight excluding hydrogens is 375 g/mol. The highest BCUT2D eigenvalue weighted by Crippen LogP contribution is 2.36. The van der Waals surface area contributed by atoms with Crippen molar-refractivity contribution >= 4 is 39.1 Å². The van der Waals surface area contributed by atoms with Gasteiger partial charge in [-0.15, -0.1) is 0 Å². The van der Waals surface area contributed by atoms with Gasteiger partial charge in [0.2, 0.25) is 0 Å². The van der Waals surface area contributed by atoms with Crippen LogP contribution in [0.5, 0.6) is 11.5 Å². The van der Waals surface area contributed by atoms with Crippen LogP contribution < -0.4 is 9.47 Å². The van der Waals surface area contributed by atoms with Crippen LogP contribution in [0.4, 0.5) is 0 Å². The van der Waals surface area contributed by atoms with Gasteiger partial charge in [0.25, 0.3) is 0 Å². The predicted molar refractivity (Wildman–Crippen MR) is 91.4 cm³/mol. The van der Waals surface area contributed by atoms with Crippen molar-refractivity contribution in [2.24, 2.45) is 0 Å². The minimum Gasteiger partial charge on any atom is -0.493 e. The summed E-state index contributed by atoms with van der Waals surface area (Å²) in [4.78, 5) is 0.0711. The van der Waals surface area contributed by atoms with E-state index in [-0.39, 0.29) is 4.83 Å². The molecule has 0 spiro atoms. The largest absolute Gasteiger partial charge is 0.493 e. The number of halogens is 3. The van der Waals surface area contributed by atoms with Crippen molar-refractivity contribution in [1.82, 2.24) is 0 Å². The lowest BCUT2D eigenvalue weighted by molar-refractivity contribution is 0.354. The maximum absolute atomic E-state index is 6.23. The minimum atomic E-state index is 0.0711. The van der Waals surface area contributed by atoms with Crippen LogP contribution in [0.1, 0.15) is 16.0 Å². The first-order valence-corrected chi connectivity index (χ1v) is 8.02. The van der Waals surface area contributed by atoms with E-state index < -0.39 is 0 Å². The summed E-state index contributed by atoms with van der Waals surface area (Å²) in [5, 5.41) is 1.37. The molecule has 0 aromatic heterocycles. The molecule has 2 aromatic carbocycles. The average molecular weight is 390 g/mol. The van der Waals surface area contributed by atoms with Gasteiger partial charge >= 0.3 is 0 Å². The molecule has 0 heterocycles. The molecule has 5 heteroatoms. The van der Waals surface area contributed by atoms with E-state index in [0.29, 0.717) is 21.5 Å². The van der Waals surface area contributed by atoms with E-state index in [4.69, 9.17) is 32.7 Å². The first-order valence-electron chi connectivity index (χ1n) is 6.35. The molecule has 0 saturated carbocycles. The second-order valence-corrected chi connectivity index (χ2v) is 6.48. The van der Waals surface area contributed by atoms with E-state index in [2.05, 4.69) is 15.9 Å². The topological polar surface area (TPSA) is 18.5 Å². The Morgan fingerprint density at radius 3 is 2.38 bits per heavy atom. The van der Waals surface area contributed by atoms with Crippen molar-refractivity contribution in [1.29, 1.82) is 0 Å². The van der Waals surface area contributed by atoms with E-state index in [0.717, 1.165) is 17.5 Å². The zero-order chi connectivity index (χ0) is 15.4. The summed E-state index contributed by atoms with van der Waals surface area (Å²) in [6, 6.07) is 11.3. The molecule has 21 heavy (non-hydrogen) atoms. The van der Waals surface area contributed by atoms with Gasteiger partial charge in [-0.1, -0.05) is 45.2 Å². The van der Waals surface area contributed by atoms with Crippen molar-refractivity contribution in [2.75, 3.05) is 14.2 Å². The zero-order valence-corrected chi connectivity index (χ0v) is 14.8. The zero-order valence-electron chi connectivity index (χ0n) is 11.7. The fourth-order valence-electron chi connectivity index (χ4n) is 2.08. The lowest BCUT2D eigenvalue weighted by Crippen LogP contribution is -1.98. The summed E-state index contributed by atoms with van der Waals surface area (Å²) in [6.07, 6.45) is 0.764. The van der Waals surface area contributed by atoms with Crippen molar-refractivity contribution in [3.8, 4) is 11.5 Å². The van der Waals surface area contributed by atoms with Gasteiger partial charge in [-0.2, -0.15) is 0 Å². The molecule has 2 aromatic rings.